The maximum atomic E-state index is 12.7. The molecule has 2 fully saturated rings. The van der Waals surface area contributed by atoms with Crippen LogP contribution >= 0.6 is 0 Å². The Morgan fingerprint density at radius 2 is 1.80 bits per heavy atom. The van der Waals surface area contributed by atoms with E-state index in [1.165, 1.54) is 38.1 Å². The molecule has 0 aromatic heterocycles. The van der Waals surface area contributed by atoms with Crippen LogP contribution in [0.5, 0.6) is 0 Å². The Kier molecular flexibility index (Phi) is 5.51. The van der Waals surface area contributed by atoms with Crippen LogP contribution in [0.1, 0.15) is 31.2 Å². The van der Waals surface area contributed by atoms with Crippen molar-refractivity contribution in [2.45, 2.75) is 31.9 Å². The Labute approximate surface area is 146 Å². The van der Waals surface area contributed by atoms with Crippen molar-refractivity contribution in [3.63, 3.8) is 0 Å². The number of alkyl halides is 3. The first kappa shape index (κ1) is 18.0. The predicted octanol–water partition coefficient (Wildman–Crippen LogP) is 4.05. The van der Waals surface area contributed by atoms with E-state index in [4.69, 9.17) is 0 Å². The predicted molar refractivity (Wildman–Crippen MR) is 90.4 cm³/mol. The summed E-state index contributed by atoms with van der Waals surface area (Å²) in [6.07, 6.45) is 0.0458. The fourth-order valence-electron chi connectivity index (χ4n) is 3.62. The molecule has 2 aliphatic rings. The first-order valence-corrected chi connectivity index (χ1v) is 8.87. The minimum atomic E-state index is -4.41. The van der Waals surface area contributed by atoms with E-state index in [0.29, 0.717) is 19.0 Å². The first-order valence-electron chi connectivity index (χ1n) is 8.87. The topological polar surface area (TPSA) is 35.6 Å². The van der Waals surface area contributed by atoms with Crippen LogP contribution in [-0.4, -0.2) is 48.6 Å². The number of likely N-dealkylation sites (tertiary alicyclic amines) is 2. The van der Waals surface area contributed by atoms with Crippen molar-refractivity contribution in [2.75, 3.05) is 38.0 Å². The van der Waals surface area contributed by atoms with Gasteiger partial charge in [-0.15, -0.1) is 0 Å². The fraction of sp³-hybridized carbons (Fsp3) is 0.611. The zero-order valence-corrected chi connectivity index (χ0v) is 14.2. The van der Waals surface area contributed by atoms with Gasteiger partial charge in [-0.25, -0.2) is 4.79 Å². The van der Waals surface area contributed by atoms with Crippen molar-refractivity contribution in [3.8, 4) is 0 Å². The molecule has 4 nitrogen and oxygen atoms in total. The van der Waals surface area contributed by atoms with Crippen molar-refractivity contribution >= 4 is 11.7 Å². The number of benzene rings is 1. The molecule has 3 rings (SSSR count). The highest BCUT2D eigenvalue weighted by atomic mass is 19.4. The van der Waals surface area contributed by atoms with Crippen LogP contribution in [0, 0.1) is 5.92 Å². The molecular weight excluding hydrogens is 331 g/mol. The Bertz CT molecular complexity index is 591. The summed E-state index contributed by atoms with van der Waals surface area (Å²) in [4.78, 5) is 16.5. The van der Waals surface area contributed by atoms with Gasteiger partial charge in [0, 0.05) is 25.3 Å². The molecule has 25 heavy (non-hydrogen) atoms. The van der Waals surface area contributed by atoms with Crippen LogP contribution in [0.15, 0.2) is 24.3 Å². The smallest absolute Gasteiger partial charge is 0.325 e. The van der Waals surface area contributed by atoms with Crippen molar-refractivity contribution in [3.05, 3.63) is 29.8 Å². The lowest BCUT2D eigenvalue weighted by molar-refractivity contribution is -0.137. The van der Waals surface area contributed by atoms with Gasteiger partial charge in [0.15, 0.2) is 0 Å². The van der Waals surface area contributed by atoms with Gasteiger partial charge in [0.1, 0.15) is 0 Å². The highest BCUT2D eigenvalue weighted by Gasteiger charge is 2.31. The third-order valence-electron chi connectivity index (χ3n) is 5.06. The highest BCUT2D eigenvalue weighted by molar-refractivity contribution is 5.89. The molecule has 0 radical (unpaired) electrons. The van der Waals surface area contributed by atoms with E-state index < -0.39 is 11.7 Å². The van der Waals surface area contributed by atoms with Gasteiger partial charge < -0.3 is 15.1 Å². The number of nitrogens with one attached hydrogen (secondary N) is 1. The second-order valence-electron chi connectivity index (χ2n) is 6.95. The molecule has 0 saturated carbocycles. The Morgan fingerprint density at radius 1 is 1.12 bits per heavy atom. The van der Waals surface area contributed by atoms with Gasteiger partial charge in [0.05, 0.1) is 5.56 Å². The number of amides is 2. The van der Waals surface area contributed by atoms with Gasteiger partial charge in [0.25, 0.3) is 0 Å². The van der Waals surface area contributed by atoms with Crippen molar-refractivity contribution in [2.24, 2.45) is 5.92 Å². The van der Waals surface area contributed by atoms with Crippen molar-refractivity contribution in [1.29, 1.82) is 0 Å². The van der Waals surface area contributed by atoms with Gasteiger partial charge in [-0.2, -0.15) is 13.2 Å². The number of hydrogen-bond donors (Lipinski definition) is 1. The number of carbonyl (C=O) groups is 1. The minimum Gasteiger partial charge on any atom is -0.325 e. The SMILES string of the molecule is O=C(Nc1cccc(C(F)(F)F)c1)N1CCC(CN2CCCC2)CC1. The van der Waals surface area contributed by atoms with Gasteiger partial charge >= 0.3 is 12.2 Å². The molecule has 2 saturated heterocycles. The summed E-state index contributed by atoms with van der Waals surface area (Å²) >= 11 is 0. The van der Waals surface area contributed by atoms with Crippen LogP contribution in [0.4, 0.5) is 23.7 Å². The summed E-state index contributed by atoms with van der Waals surface area (Å²) in [6, 6.07) is 4.44. The lowest BCUT2D eigenvalue weighted by Crippen LogP contribution is -2.43. The number of anilines is 1. The maximum absolute atomic E-state index is 12.7. The number of hydrogen-bond acceptors (Lipinski definition) is 2. The van der Waals surface area contributed by atoms with E-state index in [-0.39, 0.29) is 11.7 Å². The monoisotopic (exact) mass is 355 g/mol. The molecule has 0 atom stereocenters. The van der Waals surface area contributed by atoms with Gasteiger partial charge in [0.2, 0.25) is 0 Å². The van der Waals surface area contributed by atoms with Crippen LogP contribution in [0.25, 0.3) is 0 Å². The normalized spacial score (nSPS) is 20.0. The molecule has 1 aromatic carbocycles. The average molecular weight is 355 g/mol. The lowest BCUT2D eigenvalue weighted by atomic mass is 9.96. The number of nitrogens with zero attached hydrogens (tertiary/aromatic N) is 2. The first-order chi connectivity index (χ1) is 11.9. The molecule has 0 spiro atoms. The van der Waals surface area contributed by atoms with Crippen LogP contribution in [-0.2, 0) is 6.18 Å². The largest absolute Gasteiger partial charge is 0.416 e. The van der Waals surface area contributed by atoms with Crippen LogP contribution in [0.2, 0.25) is 0 Å². The third-order valence-corrected chi connectivity index (χ3v) is 5.06. The quantitative estimate of drug-likeness (QED) is 0.888. The second-order valence-corrected chi connectivity index (χ2v) is 6.95. The Morgan fingerprint density at radius 3 is 2.44 bits per heavy atom. The summed E-state index contributed by atoms with van der Waals surface area (Å²) in [6.45, 7) is 4.77. The summed E-state index contributed by atoms with van der Waals surface area (Å²) in [5, 5.41) is 2.59. The van der Waals surface area contributed by atoms with E-state index in [1.807, 2.05) is 0 Å². The molecule has 0 unspecified atom stereocenters. The molecule has 7 heteroatoms. The van der Waals surface area contributed by atoms with Gasteiger partial charge in [-0.05, 0) is 62.9 Å². The summed E-state index contributed by atoms with van der Waals surface area (Å²) in [7, 11) is 0. The number of carbonyl (C=O) groups excluding carboxylic acids is 1. The number of urea groups is 1. The highest BCUT2D eigenvalue weighted by Crippen LogP contribution is 2.30. The average Bonchev–Trinajstić information content (AvgIpc) is 3.08. The molecule has 2 aliphatic heterocycles. The zero-order chi connectivity index (χ0) is 17.9. The van der Waals surface area contributed by atoms with Crippen molar-refractivity contribution < 1.29 is 18.0 Å². The Balaban J connectivity index is 1.49. The molecular formula is C18H24F3N3O. The second kappa shape index (κ2) is 7.64. The number of piperidine rings is 1. The van der Waals surface area contributed by atoms with Gasteiger partial charge in [-0.3, -0.25) is 0 Å². The summed E-state index contributed by atoms with van der Waals surface area (Å²) < 4.78 is 38.2. The fourth-order valence-corrected chi connectivity index (χ4v) is 3.62. The lowest BCUT2D eigenvalue weighted by Gasteiger charge is -2.33. The van der Waals surface area contributed by atoms with Crippen LogP contribution in [0.3, 0.4) is 0 Å². The molecule has 0 aliphatic carbocycles. The molecule has 0 bridgehead atoms. The van der Waals surface area contributed by atoms with E-state index >= 15 is 0 Å². The van der Waals surface area contributed by atoms with E-state index in [9.17, 15) is 18.0 Å². The third kappa shape index (κ3) is 4.87. The number of halogens is 3. The van der Waals surface area contributed by atoms with Crippen molar-refractivity contribution in [1.82, 2.24) is 9.80 Å². The van der Waals surface area contributed by atoms with E-state index in [0.717, 1.165) is 31.5 Å². The summed E-state index contributed by atoms with van der Waals surface area (Å²) in [5.74, 6) is 0.607. The molecule has 138 valence electrons. The maximum Gasteiger partial charge on any atom is 0.416 e. The standard InChI is InChI=1S/C18H24F3N3O/c19-18(20,21)15-4-3-5-16(12-15)22-17(25)24-10-6-14(7-11-24)13-23-8-1-2-9-23/h3-5,12,14H,1-2,6-11,13H2,(H,22,25). The zero-order valence-electron chi connectivity index (χ0n) is 14.2. The molecule has 1 aromatic rings. The van der Waals surface area contributed by atoms with E-state index in [2.05, 4.69) is 10.2 Å². The minimum absolute atomic E-state index is 0.180. The molecule has 1 N–H and O–H groups in total. The Hall–Kier alpha value is -1.76. The molecule has 2 heterocycles. The van der Waals surface area contributed by atoms with Gasteiger partial charge in [-0.1, -0.05) is 6.07 Å². The van der Waals surface area contributed by atoms with Crippen LogP contribution < -0.4 is 5.32 Å². The molecule has 2 amide bonds. The van der Waals surface area contributed by atoms with E-state index in [1.54, 1.807) is 4.90 Å². The number of rotatable bonds is 3. The summed E-state index contributed by atoms with van der Waals surface area (Å²) in [5.41, 5.74) is -0.575.